The summed E-state index contributed by atoms with van der Waals surface area (Å²) in [5, 5.41) is 3.84. The zero-order valence-corrected chi connectivity index (χ0v) is 11.1. The first-order chi connectivity index (χ1) is 8.59. The van der Waals surface area contributed by atoms with Crippen LogP contribution in [0.15, 0.2) is 4.52 Å². The molecule has 0 spiro atoms. The van der Waals surface area contributed by atoms with E-state index >= 15 is 0 Å². The molecule has 0 amide bonds. The van der Waals surface area contributed by atoms with Crippen LogP contribution in [0.3, 0.4) is 0 Å². The van der Waals surface area contributed by atoms with Crippen molar-refractivity contribution in [3.8, 4) is 0 Å². The van der Waals surface area contributed by atoms with Gasteiger partial charge >= 0.3 is 0 Å². The average molecular weight is 275 g/mol. The highest BCUT2D eigenvalue weighted by Gasteiger charge is 2.22. The van der Waals surface area contributed by atoms with E-state index in [0.29, 0.717) is 44.4 Å². The summed E-state index contributed by atoms with van der Waals surface area (Å²) in [6, 6.07) is 0. The van der Waals surface area contributed by atoms with E-state index in [-0.39, 0.29) is 11.5 Å². The van der Waals surface area contributed by atoms with Crippen LogP contribution in [0, 0.1) is 0 Å². The van der Waals surface area contributed by atoms with Gasteiger partial charge in [-0.2, -0.15) is 4.98 Å². The Balaban J connectivity index is 1.84. The lowest BCUT2D eigenvalue weighted by atomic mass is 10.4. The number of ether oxygens (including phenoxy) is 1. The summed E-state index contributed by atoms with van der Waals surface area (Å²) in [5.74, 6) is 1.56. The van der Waals surface area contributed by atoms with E-state index in [0.717, 1.165) is 0 Å². The molecule has 2 rings (SSSR count). The minimum atomic E-state index is -2.84. The Morgan fingerprint density at radius 3 is 2.78 bits per heavy atom. The van der Waals surface area contributed by atoms with Gasteiger partial charge in [0.1, 0.15) is 0 Å². The third-order valence-corrected chi connectivity index (χ3v) is 4.45. The Morgan fingerprint density at radius 2 is 2.11 bits per heavy atom. The lowest BCUT2D eigenvalue weighted by Gasteiger charge is -2.24. The van der Waals surface area contributed by atoms with Crippen molar-refractivity contribution in [2.75, 3.05) is 38.3 Å². The summed E-state index contributed by atoms with van der Waals surface area (Å²) in [7, 11) is -1.22. The average Bonchev–Trinajstić information content (AvgIpc) is 2.77. The summed E-state index contributed by atoms with van der Waals surface area (Å²) in [4.78, 5) is 6.24. The largest absolute Gasteiger partial charge is 0.384 e. The molecule has 1 aromatic heterocycles. The van der Waals surface area contributed by atoms with Gasteiger partial charge in [-0.15, -0.1) is 0 Å². The zero-order chi connectivity index (χ0) is 13.0. The van der Waals surface area contributed by atoms with E-state index in [4.69, 9.17) is 9.26 Å². The van der Waals surface area contributed by atoms with Crippen LogP contribution in [0.25, 0.3) is 0 Å². The van der Waals surface area contributed by atoms with Gasteiger partial charge in [-0.25, -0.2) is 8.42 Å². The molecule has 7 nitrogen and oxygen atoms in total. The predicted molar refractivity (Wildman–Crippen MR) is 63.8 cm³/mol. The van der Waals surface area contributed by atoms with Crippen molar-refractivity contribution in [3.63, 3.8) is 0 Å². The predicted octanol–water partition coefficient (Wildman–Crippen LogP) is -0.511. The molecule has 1 saturated heterocycles. The fourth-order valence-corrected chi connectivity index (χ4v) is 3.03. The molecular formula is C10H17N3O4S. The molecule has 0 atom stereocenters. The number of hydrogen-bond donors (Lipinski definition) is 0. The molecule has 1 aliphatic rings. The molecule has 2 heterocycles. The van der Waals surface area contributed by atoms with Crippen molar-refractivity contribution >= 4 is 9.84 Å². The molecule has 102 valence electrons. The maximum atomic E-state index is 11.3. The third kappa shape index (κ3) is 3.76. The molecule has 0 aromatic carbocycles. The Labute approximate surface area is 106 Å². The summed E-state index contributed by atoms with van der Waals surface area (Å²) in [6.45, 7) is 2.12. The van der Waals surface area contributed by atoms with Gasteiger partial charge in [0.2, 0.25) is 5.89 Å². The summed E-state index contributed by atoms with van der Waals surface area (Å²) < 4.78 is 32.6. The molecule has 1 aromatic rings. The molecule has 8 heteroatoms. The van der Waals surface area contributed by atoms with Crippen molar-refractivity contribution in [3.05, 3.63) is 11.7 Å². The second-order valence-electron chi connectivity index (χ2n) is 4.28. The van der Waals surface area contributed by atoms with Crippen LogP contribution >= 0.6 is 0 Å². The van der Waals surface area contributed by atoms with E-state index < -0.39 is 9.84 Å². The minimum absolute atomic E-state index is 0.206. The van der Waals surface area contributed by atoms with Crippen LogP contribution in [0.5, 0.6) is 0 Å². The maximum absolute atomic E-state index is 11.3. The van der Waals surface area contributed by atoms with Gasteiger partial charge in [-0.1, -0.05) is 5.16 Å². The third-order valence-electron chi connectivity index (χ3n) is 2.84. The first-order valence-electron chi connectivity index (χ1n) is 5.82. The van der Waals surface area contributed by atoms with Crippen molar-refractivity contribution < 1.29 is 17.7 Å². The molecule has 0 radical (unpaired) electrons. The van der Waals surface area contributed by atoms with Crippen LogP contribution in [-0.2, 0) is 27.5 Å². The van der Waals surface area contributed by atoms with Crippen molar-refractivity contribution in [2.24, 2.45) is 0 Å². The molecule has 18 heavy (non-hydrogen) atoms. The molecule has 1 aliphatic heterocycles. The van der Waals surface area contributed by atoms with Crippen LogP contribution in [0.4, 0.5) is 0 Å². The topological polar surface area (TPSA) is 85.5 Å². The highest BCUT2D eigenvalue weighted by atomic mass is 32.2. The molecule has 0 aliphatic carbocycles. The van der Waals surface area contributed by atoms with E-state index in [1.807, 2.05) is 4.90 Å². The summed E-state index contributed by atoms with van der Waals surface area (Å²) >= 11 is 0. The van der Waals surface area contributed by atoms with Crippen LogP contribution in [0.2, 0.25) is 0 Å². The van der Waals surface area contributed by atoms with E-state index in [2.05, 4.69) is 10.1 Å². The monoisotopic (exact) mass is 275 g/mol. The first kappa shape index (κ1) is 13.4. The van der Waals surface area contributed by atoms with Gasteiger partial charge in [-0.3, -0.25) is 4.90 Å². The maximum Gasteiger partial charge on any atom is 0.240 e. The zero-order valence-electron chi connectivity index (χ0n) is 10.3. The second-order valence-corrected chi connectivity index (χ2v) is 6.58. The smallest absolute Gasteiger partial charge is 0.240 e. The van der Waals surface area contributed by atoms with Crippen molar-refractivity contribution in [1.82, 2.24) is 15.0 Å². The molecular weight excluding hydrogens is 258 g/mol. The SMILES string of the molecule is COCCc1noc(CN2CCS(=O)(=O)CC2)n1. The van der Waals surface area contributed by atoms with E-state index in [9.17, 15) is 8.42 Å². The first-order valence-corrected chi connectivity index (χ1v) is 7.64. The fraction of sp³-hybridized carbons (Fsp3) is 0.800. The second kappa shape index (κ2) is 5.77. The number of nitrogens with zero attached hydrogens (tertiary/aromatic N) is 3. The van der Waals surface area contributed by atoms with Gasteiger partial charge in [0.25, 0.3) is 0 Å². The number of methoxy groups -OCH3 is 1. The summed E-state index contributed by atoms with van der Waals surface area (Å²) in [6.07, 6.45) is 0.619. The molecule has 0 N–H and O–H groups in total. The van der Waals surface area contributed by atoms with Gasteiger partial charge in [0, 0.05) is 26.6 Å². The van der Waals surface area contributed by atoms with Gasteiger partial charge < -0.3 is 9.26 Å². The molecule has 0 saturated carbocycles. The van der Waals surface area contributed by atoms with Crippen LogP contribution in [0.1, 0.15) is 11.7 Å². The molecule has 0 unspecified atom stereocenters. The number of sulfone groups is 1. The molecule has 1 fully saturated rings. The molecule has 0 bridgehead atoms. The highest BCUT2D eigenvalue weighted by molar-refractivity contribution is 7.91. The van der Waals surface area contributed by atoms with E-state index in [1.54, 1.807) is 7.11 Å². The minimum Gasteiger partial charge on any atom is -0.384 e. The van der Waals surface area contributed by atoms with Crippen LogP contribution in [-0.4, -0.2) is 61.8 Å². The fourth-order valence-electron chi connectivity index (χ4n) is 1.75. The lowest BCUT2D eigenvalue weighted by Crippen LogP contribution is -2.39. The Morgan fingerprint density at radius 1 is 1.39 bits per heavy atom. The van der Waals surface area contributed by atoms with E-state index in [1.165, 1.54) is 0 Å². The highest BCUT2D eigenvalue weighted by Crippen LogP contribution is 2.08. The summed E-state index contributed by atoms with van der Waals surface area (Å²) in [5.41, 5.74) is 0. The van der Waals surface area contributed by atoms with Crippen molar-refractivity contribution in [2.45, 2.75) is 13.0 Å². The quantitative estimate of drug-likeness (QED) is 0.715. The van der Waals surface area contributed by atoms with Crippen LogP contribution < -0.4 is 0 Å². The Hall–Kier alpha value is -0.990. The normalized spacial score (nSPS) is 20.1. The Bertz CT molecular complexity index is 471. The van der Waals surface area contributed by atoms with Gasteiger partial charge in [0.15, 0.2) is 15.7 Å². The number of rotatable bonds is 5. The lowest BCUT2D eigenvalue weighted by molar-refractivity contribution is 0.199. The standard InChI is InChI=1S/C10H17N3O4S/c1-16-5-2-9-11-10(17-12-9)8-13-3-6-18(14,15)7-4-13/h2-8H2,1H3. The van der Waals surface area contributed by atoms with Gasteiger partial charge in [-0.05, 0) is 0 Å². The number of aromatic nitrogens is 2. The van der Waals surface area contributed by atoms with Gasteiger partial charge in [0.05, 0.1) is 24.7 Å². The number of hydrogen-bond acceptors (Lipinski definition) is 7. The Kier molecular flexibility index (Phi) is 4.31. The van der Waals surface area contributed by atoms with Crippen molar-refractivity contribution in [1.29, 1.82) is 0 Å².